The van der Waals surface area contributed by atoms with Gasteiger partial charge in [0.05, 0.1) is 5.02 Å². The molecule has 0 spiro atoms. The molecule has 0 saturated heterocycles. The van der Waals surface area contributed by atoms with Gasteiger partial charge in [-0.1, -0.05) is 47.5 Å². The van der Waals surface area contributed by atoms with Crippen molar-refractivity contribution in [1.29, 1.82) is 0 Å². The molecule has 3 rings (SSSR count). The first-order valence-electron chi connectivity index (χ1n) is 9.10. The summed E-state index contributed by atoms with van der Waals surface area (Å²) in [4.78, 5) is 2.08. The predicted molar refractivity (Wildman–Crippen MR) is 111 cm³/mol. The molecule has 1 aliphatic carbocycles. The molecule has 0 aromatic heterocycles. The van der Waals surface area contributed by atoms with Gasteiger partial charge in [-0.25, -0.2) is 4.39 Å². The van der Waals surface area contributed by atoms with Crippen LogP contribution >= 0.6 is 23.2 Å². The van der Waals surface area contributed by atoms with Crippen LogP contribution in [0, 0.1) is 11.7 Å². The second-order valence-electron chi connectivity index (χ2n) is 7.47. The first-order chi connectivity index (χ1) is 12.8. The van der Waals surface area contributed by atoms with Crippen LogP contribution in [0.3, 0.4) is 0 Å². The number of rotatable bonds is 4. The topological polar surface area (TPSA) is 23.5 Å². The predicted octanol–water partition coefficient (Wildman–Crippen LogP) is 5.77. The van der Waals surface area contributed by atoms with Gasteiger partial charge in [0, 0.05) is 17.5 Å². The van der Waals surface area contributed by atoms with E-state index >= 15 is 0 Å². The van der Waals surface area contributed by atoms with Gasteiger partial charge in [-0.05, 0) is 74.3 Å². The summed E-state index contributed by atoms with van der Waals surface area (Å²) in [5.41, 5.74) is 1.34. The smallest absolute Gasteiger partial charge is 0.141 e. The Bertz CT molecular complexity index is 835. The summed E-state index contributed by atoms with van der Waals surface area (Å²) in [7, 11) is 3.99. The maximum absolute atomic E-state index is 13.7. The molecule has 2 nitrogen and oxygen atoms in total. The molecule has 2 aromatic rings. The van der Waals surface area contributed by atoms with Crippen molar-refractivity contribution >= 4 is 29.3 Å². The van der Waals surface area contributed by atoms with Crippen LogP contribution in [-0.2, 0) is 5.60 Å². The van der Waals surface area contributed by atoms with Gasteiger partial charge in [-0.2, -0.15) is 0 Å². The van der Waals surface area contributed by atoms with Gasteiger partial charge in [-0.15, -0.1) is 0 Å². The van der Waals surface area contributed by atoms with Crippen LogP contribution in [0.2, 0.25) is 10.0 Å². The van der Waals surface area contributed by atoms with Crippen LogP contribution < -0.4 is 0 Å². The van der Waals surface area contributed by atoms with Gasteiger partial charge in [-0.3, -0.25) is 0 Å². The zero-order valence-corrected chi connectivity index (χ0v) is 17.1. The quantitative estimate of drug-likeness (QED) is 0.695. The fraction of sp³-hybridized carbons (Fsp3) is 0.364. The number of nitrogens with zero attached hydrogens (tertiary/aromatic N) is 1. The van der Waals surface area contributed by atoms with E-state index in [9.17, 15) is 9.50 Å². The Morgan fingerprint density at radius 2 is 1.89 bits per heavy atom. The average Bonchev–Trinajstić information content (AvgIpc) is 2.62. The molecule has 1 N–H and O–H groups in total. The summed E-state index contributed by atoms with van der Waals surface area (Å²) in [6.07, 6.45) is 4.68. The monoisotopic (exact) mass is 407 g/mol. The van der Waals surface area contributed by atoms with Crippen molar-refractivity contribution in [3.05, 3.63) is 75.0 Å². The maximum atomic E-state index is 13.7. The van der Waals surface area contributed by atoms with Crippen LogP contribution in [0.5, 0.6) is 0 Å². The summed E-state index contributed by atoms with van der Waals surface area (Å²) < 4.78 is 13.7. The number of aliphatic hydroxyl groups is 1. The first kappa shape index (κ1) is 20.3. The molecule has 1 fully saturated rings. The molecule has 1 aliphatic rings. The highest BCUT2D eigenvalue weighted by Crippen LogP contribution is 2.47. The van der Waals surface area contributed by atoms with E-state index in [-0.39, 0.29) is 10.9 Å². The summed E-state index contributed by atoms with van der Waals surface area (Å²) in [6.45, 7) is 0.726. The lowest BCUT2D eigenvalue weighted by Crippen LogP contribution is -2.44. The summed E-state index contributed by atoms with van der Waals surface area (Å²) in [5, 5.41) is 12.6. The summed E-state index contributed by atoms with van der Waals surface area (Å²) >= 11 is 12.0. The third-order valence-electron chi connectivity index (χ3n) is 5.24. The SMILES string of the molecule is CN(C)CC1CCC/C(=C\c2ccc(Cl)cc2)C1(O)c1ccc(F)c(Cl)c1. The van der Waals surface area contributed by atoms with Crippen molar-refractivity contribution < 1.29 is 9.50 Å². The number of halogens is 3. The standard InChI is InChI=1S/C22H24Cl2FNO/c1-26(2)14-18-5-3-4-16(12-15-6-9-19(23)10-7-15)22(18,27)17-8-11-21(25)20(24)13-17/h6-13,18,27H,3-5,14H2,1-2H3/b16-12+. The molecule has 2 aromatic carbocycles. The van der Waals surface area contributed by atoms with E-state index in [0.717, 1.165) is 36.9 Å². The van der Waals surface area contributed by atoms with Crippen molar-refractivity contribution in [3.63, 3.8) is 0 Å². The summed E-state index contributed by atoms with van der Waals surface area (Å²) in [6, 6.07) is 12.1. The molecule has 2 atom stereocenters. The fourth-order valence-electron chi connectivity index (χ4n) is 3.96. The molecule has 1 saturated carbocycles. The highest BCUT2D eigenvalue weighted by molar-refractivity contribution is 6.31. The van der Waals surface area contributed by atoms with Crippen molar-refractivity contribution in [2.75, 3.05) is 20.6 Å². The minimum absolute atomic E-state index is 0.0127. The van der Waals surface area contributed by atoms with E-state index in [1.54, 1.807) is 12.1 Å². The van der Waals surface area contributed by atoms with E-state index in [1.165, 1.54) is 6.07 Å². The molecule has 5 heteroatoms. The Morgan fingerprint density at radius 3 is 2.52 bits per heavy atom. The minimum Gasteiger partial charge on any atom is -0.380 e. The molecular weight excluding hydrogens is 384 g/mol. The molecule has 0 amide bonds. The highest BCUT2D eigenvalue weighted by atomic mass is 35.5. The van der Waals surface area contributed by atoms with E-state index < -0.39 is 11.4 Å². The number of benzene rings is 2. The molecular formula is C22H24Cl2FNO. The van der Waals surface area contributed by atoms with E-state index in [1.807, 2.05) is 44.4 Å². The molecule has 0 radical (unpaired) electrons. The van der Waals surface area contributed by atoms with E-state index in [2.05, 4.69) is 4.90 Å². The van der Waals surface area contributed by atoms with Gasteiger partial charge < -0.3 is 10.0 Å². The minimum atomic E-state index is -1.19. The van der Waals surface area contributed by atoms with Crippen LogP contribution in [0.1, 0.15) is 30.4 Å². The van der Waals surface area contributed by atoms with Gasteiger partial charge in [0.15, 0.2) is 0 Å². The lowest BCUT2D eigenvalue weighted by Gasteiger charge is -2.44. The first-order valence-corrected chi connectivity index (χ1v) is 9.85. The molecule has 0 heterocycles. The number of hydrogen-bond donors (Lipinski definition) is 1. The van der Waals surface area contributed by atoms with Crippen molar-refractivity contribution in [2.24, 2.45) is 5.92 Å². The second-order valence-corrected chi connectivity index (χ2v) is 8.31. The zero-order valence-electron chi connectivity index (χ0n) is 15.6. The maximum Gasteiger partial charge on any atom is 0.141 e. The third-order valence-corrected chi connectivity index (χ3v) is 5.78. The molecule has 144 valence electrons. The zero-order chi connectivity index (χ0) is 19.6. The Morgan fingerprint density at radius 1 is 1.19 bits per heavy atom. The van der Waals surface area contributed by atoms with Crippen molar-refractivity contribution in [1.82, 2.24) is 4.90 Å². The number of hydrogen-bond acceptors (Lipinski definition) is 2. The molecule has 0 bridgehead atoms. The average molecular weight is 408 g/mol. The van der Waals surface area contributed by atoms with Gasteiger partial charge >= 0.3 is 0 Å². The molecule has 0 aliphatic heterocycles. The summed E-state index contributed by atoms with van der Waals surface area (Å²) in [5.74, 6) is -0.492. The Labute approximate surface area is 170 Å². The van der Waals surface area contributed by atoms with Crippen LogP contribution in [0.4, 0.5) is 4.39 Å². The Balaban J connectivity index is 2.11. The highest BCUT2D eigenvalue weighted by Gasteiger charge is 2.44. The lowest BCUT2D eigenvalue weighted by molar-refractivity contribution is -0.0174. The Kier molecular flexibility index (Phi) is 6.27. The van der Waals surface area contributed by atoms with E-state index in [0.29, 0.717) is 10.6 Å². The fourth-order valence-corrected chi connectivity index (χ4v) is 4.27. The second kappa shape index (κ2) is 8.32. The molecule has 2 unspecified atom stereocenters. The van der Waals surface area contributed by atoms with E-state index in [4.69, 9.17) is 23.2 Å². The normalized spacial score (nSPS) is 24.6. The Hall–Kier alpha value is -1.39. The van der Waals surface area contributed by atoms with Crippen LogP contribution in [-0.4, -0.2) is 30.6 Å². The third kappa shape index (κ3) is 4.38. The molecule has 27 heavy (non-hydrogen) atoms. The van der Waals surface area contributed by atoms with Gasteiger partial charge in [0.2, 0.25) is 0 Å². The van der Waals surface area contributed by atoms with Crippen molar-refractivity contribution in [3.8, 4) is 0 Å². The van der Waals surface area contributed by atoms with Crippen molar-refractivity contribution in [2.45, 2.75) is 24.9 Å². The van der Waals surface area contributed by atoms with Crippen LogP contribution in [0.15, 0.2) is 48.0 Å². The largest absolute Gasteiger partial charge is 0.380 e. The van der Waals surface area contributed by atoms with Gasteiger partial charge in [0.1, 0.15) is 11.4 Å². The van der Waals surface area contributed by atoms with Crippen LogP contribution in [0.25, 0.3) is 6.08 Å². The lowest BCUT2D eigenvalue weighted by atomic mass is 9.67. The van der Waals surface area contributed by atoms with Gasteiger partial charge in [0.25, 0.3) is 0 Å².